The zero-order valence-corrected chi connectivity index (χ0v) is 14.0. The van der Waals surface area contributed by atoms with E-state index in [1.165, 1.54) is 5.56 Å². The van der Waals surface area contributed by atoms with Crippen molar-refractivity contribution in [3.8, 4) is 5.75 Å². The van der Waals surface area contributed by atoms with E-state index >= 15 is 0 Å². The molecule has 0 aliphatic rings. The summed E-state index contributed by atoms with van der Waals surface area (Å²) in [5.74, 6) is 0.853. The van der Waals surface area contributed by atoms with E-state index in [0.29, 0.717) is 19.7 Å². The molecule has 0 spiro atoms. The Morgan fingerprint density at radius 1 is 1.13 bits per heavy atom. The van der Waals surface area contributed by atoms with Crippen molar-refractivity contribution in [2.24, 2.45) is 0 Å². The minimum atomic E-state index is -0.0229. The molecule has 0 unspecified atom stereocenters. The summed E-state index contributed by atoms with van der Waals surface area (Å²) in [7, 11) is 1.93. The fourth-order valence-electron chi connectivity index (χ4n) is 2.36. The van der Waals surface area contributed by atoms with Gasteiger partial charge in [-0.1, -0.05) is 35.9 Å². The van der Waals surface area contributed by atoms with Gasteiger partial charge in [-0.2, -0.15) is 0 Å². The second kappa shape index (κ2) is 8.34. The Labute approximate surface area is 138 Å². The highest BCUT2D eigenvalue weighted by molar-refractivity contribution is 5.92. The number of carbonyl (C=O) groups excluding carboxylic acids is 1. The Morgan fingerprint density at radius 3 is 2.52 bits per heavy atom. The lowest BCUT2D eigenvalue weighted by Crippen LogP contribution is -2.30. The molecular weight excluding hydrogens is 288 g/mol. The molecule has 4 heteroatoms. The van der Waals surface area contributed by atoms with E-state index < -0.39 is 0 Å². The average molecular weight is 312 g/mol. The first-order valence-electron chi connectivity index (χ1n) is 7.84. The van der Waals surface area contributed by atoms with Gasteiger partial charge in [0.05, 0.1) is 13.2 Å². The molecule has 2 aromatic rings. The second-order valence-corrected chi connectivity index (χ2v) is 5.63. The molecule has 0 radical (unpaired) electrons. The van der Waals surface area contributed by atoms with E-state index in [1.54, 1.807) is 0 Å². The highest BCUT2D eigenvalue weighted by Crippen LogP contribution is 2.19. The van der Waals surface area contributed by atoms with Gasteiger partial charge >= 0.3 is 0 Å². The molecule has 2 rings (SSSR count). The van der Waals surface area contributed by atoms with Crippen molar-refractivity contribution in [2.75, 3.05) is 25.5 Å². The SMILES string of the molecule is CCOc1ccccc1CN(C)CC(=O)Nc1ccc(C)cc1. The molecule has 0 saturated heterocycles. The highest BCUT2D eigenvalue weighted by Gasteiger charge is 2.10. The van der Waals surface area contributed by atoms with E-state index in [9.17, 15) is 4.79 Å². The summed E-state index contributed by atoms with van der Waals surface area (Å²) >= 11 is 0. The monoisotopic (exact) mass is 312 g/mol. The Kier molecular flexibility index (Phi) is 6.18. The fraction of sp³-hybridized carbons (Fsp3) is 0.316. The van der Waals surface area contributed by atoms with E-state index in [-0.39, 0.29) is 5.91 Å². The van der Waals surface area contributed by atoms with Crippen LogP contribution in [0.4, 0.5) is 5.69 Å². The maximum Gasteiger partial charge on any atom is 0.238 e. The number of ether oxygens (including phenoxy) is 1. The molecule has 122 valence electrons. The van der Waals surface area contributed by atoms with Gasteiger partial charge in [0.25, 0.3) is 0 Å². The van der Waals surface area contributed by atoms with Crippen molar-refractivity contribution in [2.45, 2.75) is 20.4 Å². The summed E-state index contributed by atoms with van der Waals surface area (Å²) in [6.07, 6.45) is 0. The normalized spacial score (nSPS) is 10.6. The number of nitrogens with one attached hydrogen (secondary N) is 1. The molecule has 0 atom stereocenters. The van der Waals surface area contributed by atoms with Crippen LogP contribution >= 0.6 is 0 Å². The van der Waals surface area contributed by atoms with Crippen LogP contribution in [-0.2, 0) is 11.3 Å². The van der Waals surface area contributed by atoms with Crippen LogP contribution in [0.25, 0.3) is 0 Å². The molecule has 1 N–H and O–H groups in total. The van der Waals surface area contributed by atoms with Gasteiger partial charge in [-0.05, 0) is 39.1 Å². The molecule has 0 aliphatic carbocycles. The van der Waals surface area contributed by atoms with Gasteiger partial charge in [0, 0.05) is 17.8 Å². The second-order valence-electron chi connectivity index (χ2n) is 5.63. The topological polar surface area (TPSA) is 41.6 Å². The maximum absolute atomic E-state index is 12.1. The Hall–Kier alpha value is -2.33. The molecule has 2 aromatic carbocycles. The van der Waals surface area contributed by atoms with Crippen LogP contribution in [0, 0.1) is 6.92 Å². The Bertz CT molecular complexity index is 638. The van der Waals surface area contributed by atoms with Gasteiger partial charge in [0.1, 0.15) is 5.75 Å². The van der Waals surface area contributed by atoms with Crippen molar-refractivity contribution in [1.82, 2.24) is 4.90 Å². The first kappa shape index (κ1) is 17.0. The lowest BCUT2D eigenvalue weighted by Gasteiger charge is -2.18. The lowest BCUT2D eigenvalue weighted by molar-refractivity contribution is -0.117. The Morgan fingerprint density at radius 2 is 1.83 bits per heavy atom. The number of likely N-dealkylation sites (N-methyl/N-ethyl adjacent to an activating group) is 1. The summed E-state index contributed by atoms with van der Waals surface area (Å²) in [4.78, 5) is 14.1. The number of benzene rings is 2. The number of aryl methyl sites for hydroxylation is 1. The number of hydrogen-bond acceptors (Lipinski definition) is 3. The number of amides is 1. The molecule has 0 heterocycles. The fourth-order valence-corrected chi connectivity index (χ4v) is 2.36. The predicted octanol–water partition coefficient (Wildman–Crippen LogP) is 3.46. The molecule has 0 bridgehead atoms. The highest BCUT2D eigenvalue weighted by atomic mass is 16.5. The molecule has 4 nitrogen and oxygen atoms in total. The van der Waals surface area contributed by atoms with Crippen LogP contribution in [0.15, 0.2) is 48.5 Å². The van der Waals surface area contributed by atoms with Crippen molar-refractivity contribution in [1.29, 1.82) is 0 Å². The summed E-state index contributed by atoms with van der Waals surface area (Å²) < 4.78 is 5.62. The molecule has 1 amide bonds. The van der Waals surface area contributed by atoms with Crippen LogP contribution in [0.3, 0.4) is 0 Å². The quantitative estimate of drug-likeness (QED) is 0.851. The van der Waals surface area contributed by atoms with Crippen LogP contribution < -0.4 is 10.1 Å². The number of rotatable bonds is 7. The molecule has 0 saturated carbocycles. The summed E-state index contributed by atoms with van der Waals surface area (Å²) in [5, 5.41) is 2.91. The lowest BCUT2D eigenvalue weighted by atomic mass is 10.2. The van der Waals surface area contributed by atoms with Gasteiger partial charge in [0.15, 0.2) is 0 Å². The van der Waals surface area contributed by atoms with Crippen LogP contribution in [0.5, 0.6) is 5.75 Å². The third kappa shape index (κ3) is 5.42. The number of anilines is 1. The smallest absolute Gasteiger partial charge is 0.238 e. The number of carbonyl (C=O) groups is 1. The van der Waals surface area contributed by atoms with E-state index in [0.717, 1.165) is 17.0 Å². The number of hydrogen-bond donors (Lipinski definition) is 1. The predicted molar refractivity (Wildman–Crippen MR) is 93.8 cm³/mol. The van der Waals surface area contributed by atoms with Crippen LogP contribution in [0.2, 0.25) is 0 Å². The molecule has 23 heavy (non-hydrogen) atoms. The maximum atomic E-state index is 12.1. The van der Waals surface area contributed by atoms with Gasteiger partial charge in [-0.25, -0.2) is 0 Å². The minimum absolute atomic E-state index is 0.0229. The summed E-state index contributed by atoms with van der Waals surface area (Å²) in [6, 6.07) is 15.7. The van der Waals surface area contributed by atoms with E-state index in [2.05, 4.69) is 5.32 Å². The van der Waals surface area contributed by atoms with Crippen molar-refractivity contribution < 1.29 is 9.53 Å². The first-order valence-corrected chi connectivity index (χ1v) is 7.84. The van der Waals surface area contributed by atoms with Crippen molar-refractivity contribution >= 4 is 11.6 Å². The van der Waals surface area contributed by atoms with Gasteiger partial charge < -0.3 is 10.1 Å². The minimum Gasteiger partial charge on any atom is -0.494 e. The van der Waals surface area contributed by atoms with Crippen molar-refractivity contribution in [3.05, 3.63) is 59.7 Å². The van der Waals surface area contributed by atoms with E-state index in [4.69, 9.17) is 4.74 Å². The molecule has 0 aliphatic heterocycles. The van der Waals surface area contributed by atoms with Crippen molar-refractivity contribution in [3.63, 3.8) is 0 Å². The van der Waals surface area contributed by atoms with Crippen LogP contribution in [-0.4, -0.2) is 31.0 Å². The average Bonchev–Trinajstić information content (AvgIpc) is 2.51. The zero-order valence-electron chi connectivity index (χ0n) is 14.0. The zero-order chi connectivity index (χ0) is 16.7. The molecular formula is C19H24N2O2. The third-order valence-electron chi connectivity index (χ3n) is 3.46. The largest absolute Gasteiger partial charge is 0.494 e. The molecule has 0 fully saturated rings. The third-order valence-corrected chi connectivity index (χ3v) is 3.46. The first-order chi connectivity index (χ1) is 11.1. The standard InChI is InChI=1S/C19H24N2O2/c1-4-23-18-8-6-5-7-16(18)13-21(3)14-19(22)20-17-11-9-15(2)10-12-17/h5-12H,4,13-14H2,1-3H3,(H,20,22). The summed E-state index contributed by atoms with van der Waals surface area (Å²) in [5.41, 5.74) is 3.08. The van der Waals surface area contributed by atoms with Gasteiger partial charge in [-0.15, -0.1) is 0 Å². The van der Waals surface area contributed by atoms with Gasteiger partial charge in [0.2, 0.25) is 5.91 Å². The van der Waals surface area contributed by atoms with Gasteiger partial charge in [-0.3, -0.25) is 9.69 Å². The van der Waals surface area contributed by atoms with Crippen LogP contribution in [0.1, 0.15) is 18.1 Å². The Balaban J connectivity index is 1.90. The molecule has 0 aromatic heterocycles. The summed E-state index contributed by atoms with van der Waals surface area (Å²) in [6.45, 7) is 5.62. The number of nitrogens with zero attached hydrogens (tertiary/aromatic N) is 1. The van der Waals surface area contributed by atoms with E-state index in [1.807, 2.05) is 74.3 Å². The number of para-hydroxylation sites is 1.